The van der Waals surface area contributed by atoms with Gasteiger partial charge in [0.15, 0.2) is 0 Å². The first-order chi connectivity index (χ1) is 11.4. The molecule has 6 nitrogen and oxygen atoms in total. The third-order valence-electron chi connectivity index (χ3n) is 3.71. The number of nitrogens with zero attached hydrogens (tertiary/aromatic N) is 2. The van der Waals surface area contributed by atoms with E-state index in [0.717, 1.165) is 28.2 Å². The predicted octanol–water partition coefficient (Wildman–Crippen LogP) is 3.20. The van der Waals surface area contributed by atoms with E-state index in [4.69, 9.17) is 16.7 Å². The molecule has 7 heteroatoms. The summed E-state index contributed by atoms with van der Waals surface area (Å²) in [7, 11) is 0. The summed E-state index contributed by atoms with van der Waals surface area (Å²) in [4.78, 5) is 17.6. The molecule has 0 fully saturated rings. The number of pyridine rings is 1. The summed E-state index contributed by atoms with van der Waals surface area (Å²) in [5.41, 5.74) is 15.2. The summed E-state index contributed by atoms with van der Waals surface area (Å²) < 4.78 is 0. The molecule has 3 rings (SSSR count). The van der Waals surface area contributed by atoms with Crippen molar-refractivity contribution in [3.63, 3.8) is 0 Å². The van der Waals surface area contributed by atoms with Crippen LogP contribution in [0.5, 0.6) is 0 Å². The zero-order chi connectivity index (χ0) is 17.4. The molecule has 0 aliphatic carbocycles. The number of nitrogens with one attached hydrogen (secondary N) is 1. The van der Waals surface area contributed by atoms with Crippen LogP contribution in [0, 0.1) is 25.2 Å². The Morgan fingerprint density at radius 1 is 1.29 bits per heavy atom. The van der Waals surface area contributed by atoms with Gasteiger partial charge in [-0.3, -0.25) is 4.79 Å². The topological polar surface area (TPSA) is 118 Å². The molecule has 0 saturated heterocycles. The lowest BCUT2D eigenvalue weighted by Crippen LogP contribution is -2.12. The van der Waals surface area contributed by atoms with Crippen LogP contribution in [0.1, 0.15) is 26.4 Å². The van der Waals surface area contributed by atoms with Crippen molar-refractivity contribution in [2.24, 2.45) is 0 Å². The molecule has 0 atom stereocenters. The minimum absolute atomic E-state index is 0.132. The van der Waals surface area contributed by atoms with Gasteiger partial charge in [0.05, 0.1) is 11.3 Å². The molecule has 0 unspecified atom stereocenters. The molecule has 120 valence electrons. The van der Waals surface area contributed by atoms with Gasteiger partial charge >= 0.3 is 0 Å². The van der Waals surface area contributed by atoms with Crippen LogP contribution in [0.3, 0.4) is 0 Å². The third kappa shape index (κ3) is 2.64. The Bertz CT molecular complexity index is 1020. The fourth-order valence-electron chi connectivity index (χ4n) is 2.45. The number of fused-ring (bicyclic) bond motifs is 1. The lowest BCUT2D eigenvalue weighted by Gasteiger charge is -2.08. The molecular weight excluding hydrogens is 322 g/mol. The number of amides is 1. The number of nitrogens with two attached hydrogens (primary N) is 2. The number of nitrogen functional groups attached to an aromatic ring is 2. The van der Waals surface area contributed by atoms with Gasteiger partial charge in [0.25, 0.3) is 5.91 Å². The van der Waals surface area contributed by atoms with Gasteiger partial charge in [-0.25, -0.2) is 4.98 Å². The van der Waals surface area contributed by atoms with E-state index in [1.165, 1.54) is 0 Å². The van der Waals surface area contributed by atoms with Crippen molar-refractivity contribution in [2.45, 2.75) is 13.8 Å². The number of aryl methyl sites for hydroxylation is 2. The molecule has 0 spiro atoms. The Morgan fingerprint density at radius 3 is 2.71 bits per heavy atom. The smallest absolute Gasteiger partial charge is 0.267 e. The fraction of sp³-hybridized carbons (Fsp3) is 0.118. The van der Waals surface area contributed by atoms with E-state index in [0.29, 0.717) is 20.8 Å². The van der Waals surface area contributed by atoms with Gasteiger partial charge in [-0.15, -0.1) is 11.3 Å². The summed E-state index contributed by atoms with van der Waals surface area (Å²) in [5.74, 6) is -0.174. The summed E-state index contributed by atoms with van der Waals surface area (Å²) >= 11 is 1.16. The minimum atomic E-state index is -0.306. The first-order valence-electron chi connectivity index (χ1n) is 7.18. The normalized spacial score (nSPS) is 10.5. The maximum Gasteiger partial charge on any atom is 0.267 e. The molecule has 1 aromatic carbocycles. The largest absolute Gasteiger partial charge is 0.397 e. The average molecular weight is 337 g/mol. The number of anilines is 3. The molecule has 5 N–H and O–H groups in total. The number of hydrogen-bond acceptors (Lipinski definition) is 6. The number of benzene rings is 1. The summed E-state index contributed by atoms with van der Waals surface area (Å²) in [6.45, 7) is 3.92. The summed E-state index contributed by atoms with van der Waals surface area (Å²) in [5, 5.41) is 12.5. The molecular formula is C17H15N5OS. The Kier molecular flexibility index (Phi) is 3.83. The molecule has 0 aliphatic rings. The second-order valence-corrected chi connectivity index (χ2v) is 6.50. The molecule has 2 heterocycles. The highest BCUT2D eigenvalue weighted by Gasteiger charge is 2.19. The molecule has 3 aromatic rings. The quantitative estimate of drug-likeness (QED) is 0.663. The van der Waals surface area contributed by atoms with E-state index in [1.54, 1.807) is 6.07 Å². The Hall–Kier alpha value is -3.11. The van der Waals surface area contributed by atoms with E-state index in [1.807, 2.05) is 38.1 Å². The van der Waals surface area contributed by atoms with Crippen LogP contribution in [0.4, 0.5) is 17.2 Å². The summed E-state index contributed by atoms with van der Waals surface area (Å²) in [6, 6.07) is 9.31. The number of hydrogen-bond donors (Lipinski definition) is 3. The van der Waals surface area contributed by atoms with Gasteiger partial charge in [-0.2, -0.15) is 5.26 Å². The zero-order valence-corrected chi connectivity index (χ0v) is 14.0. The Labute approximate surface area is 142 Å². The molecule has 0 aliphatic heterocycles. The van der Waals surface area contributed by atoms with Crippen molar-refractivity contribution in [1.29, 1.82) is 5.26 Å². The number of nitriles is 1. The van der Waals surface area contributed by atoms with Gasteiger partial charge in [0.2, 0.25) is 0 Å². The lowest BCUT2D eigenvalue weighted by atomic mass is 10.1. The van der Waals surface area contributed by atoms with Gasteiger partial charge in [-0.1, -0.05) is 17.7 Å². The molecule has 0 bridgehead atoms. The monoisotopic (exact) mass is 337 g/mol. The van der Waals surface area contributed by atoms with Crippen LogP contribution >= 0.6 is 11.3 Å². The molecule has 0 radical (unpaired) electrons. The van der Waals surface area contributed by atoms with Crippen LogP contribution in [0.15, 0.2) is 24.3 Å². The zero-order valence-electron chi connectivity index (χ0n) is 13.2. The minimum Gasteiger partial charge on any atom is -0.397 e. The number of carbonyl (C=O) groups is 1. The number of aromatic nitrogens is 1. The van der Waals surface area contributed by atoms with Crippen LogP contribution in [-0.2, 0) is 0 Å². The van der Waals surface area contributed by atoms with Crippen LogP contribution in [0.2, 0.25) is 0 Å². The first kappa shape index (κ1) is 15.8. The van der Waals surface area contributed by atoms with Crippen molar-refractivity contribution in [2.75, 3.05) is 16.8 Å². The highest BCUT2D eigenvalue weighted by atomic mass is 32.1. The SMILES string of the molecule is Cc1ccc(NC(=O)c2sc3nc(N)c(C#N)cc3c2N)c(C)c1. The second-order valence-electron chi connectivity index (χ2n) is 5.50. The van der Waals surface area contributed by atoms with E-state index < -0.39 is 0 Å². The molecule has 24 heavy (non-hydrogen) atoms. The number of carbonyl (C=O) groups excluding carboxylic acids is 1. The molecule has 2 aromatic heterocycles. The Morgan fingerprint density at radius 2 is 2.04 bits per heavy atom. The maximum atomic E-state index is 12.6. The lowest BCUT2D eigenvalue weighted by molar-refractivity contribution is 0.103. The van der Waals surface area contributed by atoms with Crippen LogP contribution in [-0.4, -0.2) is 10.9 Å². The van der Waals surface area contributed by atoms with E-state index in [9.17, 15) is 4.79 Å². The van der Waals surface area contributed by atoms with Crippen molar-refractivity contribution in [1.82, 2.24) is 4.98 Å². The van der Waals surface area contributed by atoms with E-state index >= 15 is 0 Å². The van der Waals surface area contributed by atoms with E-state index in [-0.39, 0.29) is 17.3 Å². The molecule has 0 saturated carbocycles. The van der Waals surface area contributed by atoms with Gasteiger partial charge in [0.1, 0.15) is 21.6 Å². The average Bonchev–Trinajstić information content (AvgIpc) is 2.85. The van der Waals surface area contributed by atoms with Gasteiger partial charge < -0.3 is 16.8 Å². The van der Waals surface area contributed by atoms with Crippen molar-refractivity contribution < 1.29 is 4.79 Å². The Balaban J connectivity index is 2.01. The highest BCUT2D eigenvalue weighted by molar-refractivity contribution is 7.21. The van der Waals surface area contributed by atoms with Crippen molar-refractivity contribution in [3.05, 3.63) is 45.8 Å². The number of thiophene rings is 1. The highest BCUT2D eigenvalue weighted by Crippen LogP contribution is 2.34. The van der Waals surface area contributed by atoms with Crippen LogP contribution < -0.4 is 16.8 Å². The van der Waals surface area contributed by atoms with Crippen LogP contribution in [0.25, 0.3) is 10.2 Å². The van der Waals surface area contributed by atoms with Crippen molar-refractivity contribution in [3.8, 4) is 6.07 Å². The molecule has 1 amide bonds. The fourth-order valence-corrected chi connectivity index (χ4v) is 3.43. The van der Waals surface area contributed by atoms with E-state index in [2.05, 4.69) is 10.3 Å². The van der Waals surface area contributed by atoms with Gasteiger partial charge in [0, 0.05) is 11.1 Å². The summed E-state index contributed by atoms with van der Waals surface area (Å²) in [6.07, 6.45) is 0. The predicted molar refractivity (Wildman–Crippen MR) is 97.0 cm³/mol. The third-order valence-corrected chi connectivity index (χ3v) is 4.82. The van der Waals surface area contributed by atoms with Crippen molar-refractivity contribution >= 4 is 44.7 Å². The van der Waals surface area contributed by atoms with Gasteiger partial charge in [-0.05, 0) is 31.5 Å². The maximum absolute atomic E-state index is 12.6. The first-order valence-corrected chi connectivity index (χ1v) is 7.99. The standard InChI is InChI=1S/C17H15N5OS/c1-8-3-4-12(9(2)5-8)21-16(23)14-13(19)11-6-10(7-18)15(20)22-17(11)24-14/h3-6H,19H2,1-2H3,(H2,20,22)(H,21,23). The number of rotatable bonds is 2. The second kappa shape index (κ2) is 5.83.